The second-order valence-electron chi connectivity index (χ2n) is 9.35. The van der Waals surface area contributed by atoms with E-state index in [9.17, 15) is 13.2 Å². The lowest BCUT2D eigenvalue weighted by molar-refractivity contribution is -0.113. The number of aryl methyl sites for hydroxylation is 2. The number of fused-ring (bicyclic) bond motifs is 3. The van der Waals surface area contributed by atoms with Crippen LogP contribution in [0.5, 0.6) is 0 Å². The molecule has 36 heavy (non-hydrogen) atoms. The molecular formula is C26H29N5O3S2. The van der Waals surface area contributed by atoms with Crippen LogP contribution in [0.25, 0.3) is 16.6 Å². The number of sulfonamides is 1. The predicted octanol–water partition coefficient (Wildman–Crippen LogP) is 4.84. The van der Waals surface area contributed by atoms with E-state index < -0.39 is 10.0 Å². The third-order valence-corrected chi connectivity index (χ3v) is 8.96. The Morgan fingerprint density at radius 1 is 1.03 bits per heavy atom. The lowest BCUT2D eigenvalue weighted by Gasteiger charge is -2.22. The smallest absolute Gasteiger partial charge is 0.240 e. The Morgan fingerprint density at radius 3 is 2.53 bits per heavy atom. The topological polar surface area (TPSA) is 105 Å². The lowest BCUT2D eigenvalue weighted by Crippen LogP contribution is -2.36. The van der Waals surface area contributed by atoms with E-state index in [0.29, 0.717) is 10.8 Å². The van der Waals surface area contributed by atoms with Gasteiger partial charge in [0, 0.05) is 11.7 Å². The summed E-state index contributed by atoms with van der Waals surface area (Å²) in [4.78, 5) is 12.9. The molecule has 2 N–H and O–H groups in total. The van der Waals surface area contributed by atoms with Crippen LogP contribution in [0.2, 0.25) is 0 Å². The first-order chi connectivity index (χ1) is 17.3. The Kier molecular flexibility index (Phi) is 7.00. The van der Waals surface area contributed by atoms with Crippen molar-refractivity contribution in [3.05, 3.63) is 59.7 Å². The minimum atomic E-state index is -3.58. The molecule has 1 aliphatic rings. The number of pyridine rings is 1. The molecule has 2 aromatic heterocycles. The van der Waals surface area contributed by atoms with Crippen LogP contribution in [0.15, 0.2) is 58.6 Å². The summed E-state index contributed by atoms with van der Waals surface area (Å²) in [5.41, 5.74) is 4.47. The summed E-state index contributed by atoms with van der Waals surface area (Å²) in [7, 11) is -3.58. The fourth-order valence-corrected chi connectivity index (χ4v) is 6.71. The minimum Gasteiger partial charge on any atom is -0.325 e. The molecule has 0 unspecified atom stereocenters. The Morgan fingerprint density at radius 2 is 1.78 bits per heavy atom. The molecule has 188 valence electrons. The molecule has 5 rings (SSSR count). The van der Waals surface area contributed by atoms with Crippen molar-refractivity contribution in [1.82, 2.24) is 19.3 Å². The van der Waals surface area contributed by atoms with Gasteiger partial charge in [0.15, 0.2) is 10.8 Å². The predicted molar refractivity (Wildman–Crippen MR) is 143 cm³/mol. The molecule has 1 aliphatic carbocycles. The van der Waals surface area contributed by atoms with Gasteiger partial charge in [-0.15, -0.1) is 10.2 Å². The summed E-state index contributed by atoms with van der Waals surface area (Å²) in [5, 5.41) is 13.2. The zero-order valence-corrected chi connectivity index (χ0v) is 22.0. The monoisotopic (exact) mass is 523 g/mol. The van der Waals surface area contributed by atoms with Crippen molar-refractivity contribution in [2.24, 2.45) is 0 Å². The van der Waals surface area contributed by atoms with Crippen LogP contribution in [0.3, 0.4) is 0 Å². The van der Waals surface area contributed by atoms with Crippen molar-refractivity contribution in [1.29, 1.82) is 0 Å². The molecule has 1 fully saturated rings. The van der Waals surface area contributed by atoms with Gasteiger partial charge in [-0.2, -0.15) is 0 Å². The molecule has 0 spiro atoms. The highest BCUT2D eigenvalue weighted by atomic mass is 32.2. The normalized spacial score (nSPS) is 14.9. The fourth-order valence-electron chi connectivity index (χ4n) is 4.66. The third-order valence-electron chi connectivity index (χ3n) is 6.49. The van der Waals surface area contributed by atoms with Crippen molar-refractivity contribution >= 4 is 49.9 Å². The Balaban J connectivity index is 1.25. The number of thioether (sulfide) groups is 1. The van der Waals surface area contributed by atoms with E-state index in [1.165, 1.54) is 23.9 Å². The minimum absolute atomic E-state index is 0.00165. The second-order valence-corrected chi connectivity index (χ2v) is 12.0. The molecule has 8 nitrogen and oxygen atoms in total. The van der Waals surface area contributed by atoms with Gasteiger partial charge in [-0.3, -0.25) is 9.20 Å². The fraction of sp³-hybridized carbons (Fsp3) is 0.346. The maximum Gasteiger partial charge on any atom is 0.240 e. The molecule has 4 aromatic rings. The van der Waals surface area contributed by atoms with Gasteiger partial charge in [0.1, 0.15) is 0 Å². The van der Waals surface area contributed by atoms with Crippen molar-refractivity contribution in [3.63, 3.8) is 0 Å². The van der Waals surface area contributed by atoms with Gasteiger partial charge in [-0.05, 0) is 79.6 Å². The number of carbonyl (C=O) groups excluding carboxylic acids is 1. The molecule has 1 amide bonds. The van der Waals surface area contributed by atoms with E-state index >= 15 is 0 Å². The SMILES string of the molecule is Cc1ccc2cc(C)c3nnc(SCC(=O)Nc4ccc(S(=O)(=O)NC5CCCCC5)cc4)n3c2c1. The maximum atomic E-state index is 12.7. The molecule has 0 aliphatic heterocycles. The lowest BCUT2D eigenvalue weighted by atomic mass is 9.96. The first kappa shape index (κ1) is 24.7. The van der Waals surface area contributed by atoms with Crippen LogP contribution in [0.4, 0.5) is 5.69 Å². The number of rotatable bonds is 7. The molecule has 1 saturated carbocycles. The number of nitrogens with one attached hydrogen (secondary N) is 2. The Hall–Kier alpha value is -2.95. The van der Waals surface area contributed by atoms with Crippen LogP contribution in [-0.4, -0.2) is 40.7 Å². The van der Waals surface area contributed by atoms with Gasteiger partial charge >= 0.3 is 0 Å². The van der Waals surface area contributed by atoms with E-state index in [4.69, 9.17) is 0 Å². The Labute approximate surface area is 214 Å². The van der Waals surface area contributed by atoms with E-state index in [2.05, 4.69) is 44.5 Å². The maximum absolute atomic E-state index is 12.7. The summed E-state index contributed by atoms with van der Waals surface area (Å²) in [6.45, 7) is 4.04. The number of hydrogen-bond acceptors (Lipinski definition) is 6. The molecule has 0 radical (unpaired) electrons. The molecule has 0 bridgehead atoms. The zero-order chi connectivity index (χ0) is 25.3. The van der Waals surface area contributed by atoms with E-state index in [1.807, 2.05) is 18.2 Å². The molecule has 2 heterocycles. The number of aromatic nitrogens is 3. The number of anilines is 1. The second kappa shape index (κ2) is 10.2. The van der Waals surface area contributed by atoms with Gasteiger partial charge in [-0.1, -0.05) is 43.2 Å². The molecule has 2 aromatic carbocycles. The molecular weight excluding hydrogens is 494 g/mol. The van der Waals surface area contributed by atoms with E-state index in [1.54, 1.807) is 12.1 Å². The average molecular weight is 524 g/mol. The molecule has 10 heteroatoms. The van der Waals surface area contributed by atoms with Crippen molar-refractivity contribution in [2.45, 2.75) is 62.0 Å². The van der Waals surface area contributed by atoms with Crippen molar-refractivity contribution in [2.75, 3.05) is 11.1 Å². The highest BCUT2D eigenvalue weighted by Crippen LogP contribution is 2.27. The van der Waals surface area contributed by atoms with Crippen LogP contribution in [0.1, 0.15) is 43.2 Å². The highest BCUT2D eigenvalue weighted by molar-refractivity contribution is 7.99. The summed E-state index contributed by atoms with van der Waals surface area (Å²) in [6.07, 6.45) is 5.02. The first-order valence-electron chi connectivity index (χ1n) is 12.1. The highest BCUT2D eigenvalue weighted by Gasteiger charge is 2.22. The quantitative estimate of drug-likeness (QED) is 0.336. The van der Waals surface area contributed by atoms with Crippen LogP contribution >= 0.6 is 11.8 Å². The molecule has 0 saturated heterocycles. The van der Waals surface area contributed by atoms with Gasteiger partial charge < -0.3 is 5.32 Å². The van der Waals surface area contributed by atoms with Crippen LogP contribution < -0.4 is 10.0 Å². The average Bonchev–Trinajstić information content (AvgIpc) is 3.29. The number of hydrogen-bond donors (Lipinski definition) is 2. The molecule has 0 atom stereocenters. The van der Waals surface area contributed by atoms with E-state index in [-0.39, 0.29) is 22.6 Å². The summed E-state index contributed by atoms with van der Waals surface area (Å²) < 4.78 is 30.2. The van der Waals surface area contributed by atoms with Gasteiger partial charge in [0.05, 0.1) is 16.2 Å². The van der Waals surface area contributed by atoms with Gasteiger partial charge in [0.25, 0.3) is 0 Å². The van der Waals surface area contributed by atoms with Gasteiger partial charge in [-0.25, -0.2) is 13.1 Å². The van der Waals surface area contributed by atoms with Crippen LogP contribution in [0, 0.1) is 13.8 Å². The van der Waals surface area contributed by atoms with Crippen molar-refractivity contribution < 1.29 is 13.2 Å². The largest absolute Gasteiger partial charge is 0.325 e. The van der Waals surface area contributed by atoms with Gasteiger partial charge in [0.2, 0.25) is 15.9 Å². The first-order valence-corrected chi connectivity index (χ1v) is 14.6. The number of benzene rings is 2. The van der Waals surface area contributed by atoms with Crippen LogP contribution in [-0.2, 0) is 14.8 Å². The summed E-state index contributed by atoms with van der Waals surface area (Å²) >= 11 is 1.31. The third kappa shape index (κ3) is 5.25. The number of nitrogens with zero attached hydrogens (tertiary/aromatic N) is 3. The van der Waals surface area contributed by atoms with Crippen molar-refractivity contribution in [3.8, 4) is 0 Å². The number of amides is 1. The summed E-state index contributed by atoms with van der Waals surface area (Å²) in [6, 6.07) is 14.6. The Bertz CT molecular complexity index is 1530. The van der Waals surface area contributed by atoms with E-state index in [0.717, 1.165) is 59.8 Å². The number of carbonyl (C=O) groups is 1. The zero-order valence-electron chi connectivity index (χ0n) is 20.3. The standard InChI is InChI=1S/C26H29N5O3S2/c1-17-8-9-19-15-18(2)25-28-29-26(31(25)23(19)14-17)35-16-24(32)27-20-10-12-22(13-11-20)36(33,34)30-21-6-4-3-5-7-21/h8-15,21,30H,3-7,16H2,1-2H3,(H,27,32). The summed E-state index contributed by atoms with van der Waals surface area (Å²) in [5.74, 6) is -0.0634.